The minimum absolute atomic E-state index is 0.0290. The monoisotopic (exact) mass is 366 g/mol. The molecular formula is C20H30O6. The predicted octanol–water partition coefficient (Wildman–Crippen LogP) is 4.42. The smallest absolute Gasteiger partial charge is 0.342 e. The average molecular weight is 366 g/mol. The molecule has 0 aliphatic rings. The van der Waals surface area contributed by atoms with Gasteiger partial charge in [0.1, 0.15) is 11.3 Å². The summed E-state index contributed by atoms with van der Waals surface area (Å²) in [6.45, 7) is 6.18. The number of ether oxygens (including phenoxy) is 2. The molecule has 0 bridgehead atoms. The zero-order chi connectivity index (χ0) is 19.4. The van der Waals surface area contributed by atoms with Gasteiger partial charge in [0.25, 0.3) is 0 Å². The van der Waals surface area contributed by atoms with Crippen LogP contribution in [0.4, 0.5) is 0 Å². The van der Waals surface area contributed by atoms with Gasteiger partial charge in [-0.25, -0.2) is 14.4 Å². The molecular weight excluding hydrogens is 336 g/mol. The highest BCUT2D eigenvalue weighted by molar-refractivity contribution is 6.03. The van der Waals surface area contributed by atoms with E-state index in [1.165, 1.54) is 6.92 Å². The highest BCUT2D eigenvalue weighted by Gasteiger charge is 2.24. The SMILES string of the molecule is CCCCCCOC(=O)c1cc(=O)oc(C)c1C(=O)OCCCCCC. The molecule has 0 N–H and O–H groups in total. The molecule has 0 unspecified atom stereocenters. The van der Waals surface area contributed by atoms with Crippen molar-refractivity contribution in [2.75, 3.05) is 13.2 Å². The fourth-order valence-corrected chi connectivity index (χ4v) is 2.56. The number of hydrogen-bond donors (Lipinski definition) is 0. The van der Waals surface area contributed by atoms with Gasteiger partial charge >= 0.3 is 17.6 Å². The Balaban J connectivity index is 2.76. The van der Waals surface area contributed by atoms with E-state index in [1.807, 2.05) is 0 Å². The van der Waals surface area contributed by atoms with Crippen molar-refractivity contribution in [1.29, 1.82) is 0 Å². The predicted molar refractivity (Wildman–Crippen MR) is 98.6 cm³/mol. The van der Waals surface area contributed by atoms with Crippen molar-refractivity contribution in [3.8, 4) is 0 Å². The molecule has 0 aromatic carbocycles. The first-order chi connectivity index (χ1) is 12.5. The molecule has 0 saturated carbocycles. The van der Waals surface area contributed by atoms with Crippen molar-refractivity contribution >= 4 is 11.9 Å². The van der Waals surface area contributed by atoms with Gasteiger partial charge in [-0.3, -0.25) is 0 Å². The van der Waals surface area contributed by atoms with Gasteiger partial charge in [0.05, 0.1) is 18.8 Å². The summed E-state index contributed by atoms with van der Waals surface area (Å²) >= 11 is 0. The van der Waals surface area contributed by atoms with Crippen LogP contribution in [0.1, 0.15) is 91.7 Å². The van der Waals surface area contributed by atoms with Gasteiger partial charge in [0.2, 0.25) is 0 Å². The molecule has 0 amide bonds. The van der Waals surface area contributed by atoms with Crippen LogP contribution in [-0.4, -0.2) is 25.2 Å². The van der Waals surface area contributed by atoms with E-state index in [-0.39, 0.29) is 30.1 Å². The molecule has 0 aliphatic carbocycles. The molecule has 1 aromatic heterocycles. The van der Waals surface area contributed by atoms with Crippen LogP contribution in [0.15, 0.2) is 15.3 Å². The standard InChI is InChI=1S/C20H30O6/c1-4-6-8-10-12-24-19(22)16-14-17(21)26-15(3)18(16)20(23)25-13-11-9-7-5-2/h14H,4-13H2,1-3H3. The fourth-order valence-electron chi connectivity index (χ4n) is 2.56. The third-order valence-electron chi connectivity index (χ3n) is 4.02. The molecule has 0 radical (unpaired) electrons. The van der Waals surface area contributed by atoms with E-state index in [0.29, 0.717) is 0 Å². The van der Waals surface area contributed by atoms with E-state index in [2.05, 4.69) is 13.8 Å². The lowest BCUT2D eigenvalue weighted by molar-refractivity contribution is 0.0445. The van der Waals surface area contributed by atoms with Gasteiger partial charge in [-0.15, -0.1) is 0 Å². The Bertz CT molecular complexity index is 632. The van der Waals surface area contributed by atoms with Crippen molar-refractivity contribution in [3.63, 3.8) is 0 Å². The van der Waals surface area contributed by atoms with Crippen LogP contribution in [0.3, 0.4) is 0 Å². The van der Waals surface area contributed by atoms with E-state index in [9.17, 15) is 14.4 Å². The minimum Gasteiger partial charge on any atom is -0.462 e. The van der Waals surface area contributed by atoms with Gasteiger partial charge < -0.3 is 13.9 Å². The molecule has 1 rings (SSSR count). The molecule has 1 aromatic rings. The molecule has 0 atom stereocenters. The molecule has 0 fully saturated rings. The summed E-state index contributed by atoms with van der Waals surface area (Å²) in [5, 5.41) is 0. The van der Waals surface area contributed by atoms with Crippen molar-refractivity contribution in [2.45, 2.75) is 72.1 Å². The fraction of sp³-hybridized carbons (Fsp3) is 0.650. The summed E-state index contributed by atoms with van der Waals surface area (Å²) in [6, 6.07) is 0.995. The van der Waals surface area contributed by atoms with E-state index in [1.54, 1.807) is 0 Å². The number of rotatable bonds is 12. The number of esters is 2. The van der Waals surface area contributed by atoms with E-state index in [0.717, 1.165) is 57.4 Å². The van der Waals surface area contributed by atoms with Gasteiger partial charge in [-0.05, 0) is 19.8 Å². The largest absolute Gasteiger partial charge is 0.462 e. The van der Waals surface area contributed by atoms with Gasteiger partial charge in [0, 0.05) is 6.07 Å². The third kappa shape index (κ3) is 7.42. The topological polar surface area (TPSA) is 82.8 Å². The Morgan fingerprint density at radius 3 is 1.96 bits per heavy atom. The number of carbonyl (C=O) groups is 2. The molecule has 1 heterocycles. The Labute approximate surface area is 154 Å². The summed E-state index contributed by atoms with van der Waals surface area (Å²) in [4.78, 5) is 36.3. The highest BCUT2D eigenvalue weighted by atomic mass is 16.5. The van der Waals surface area contributed by atoms with Gasteiger partial charge in [-0.1, -0.05) is 52.4 Å². The van der Waals surface area contributed by atoms with Crippen molar-refractivity contribution < 1.29 is 23.5 Å². The molecule has 6 heteroatoms. The summed E-state index contributed by atoms with van der Waals surface area (Å²) in [5.74, 6) is -1.30. The second-order valence-electron chi connectivity index (χ2n) is 6.30. The zero-order valence-corrected chi connectivity index (χ0v) is 16.1. The molecule has 146 valence electrons. The van der Waals surface area contributed by atoms with Crippen molar-refractivity contribution in [1.82, 2.24) is 0 Å². The first-order valence-corrected chi connectivity index (χ1v) is 9.50. The Hall–Kier alpha value is -2.11. The van der Waals surface area contributed by atoms with Crippen LogP contribution in [0.2, 0.25) is 0 Å². The number of aryl methyl sites for hydroxylation is 1. The average Bonchev–Trinajstić information content (AvgIpc) is 2.60. The first-order valence-electron chi connectivity index (χ1n) is 9.50. The van der Waals surface area contributed by atoms with Crippen LogP contribution in [0, 0.1) is 6.92 Å². The first kappa shape index (κ1) is 21.9. The lowest BCUT2D eigenvalue weighted by Gasteiger charge is -2.11. The molecule has 26 heavy (non-hydrogen) atoms. The normalized spacial score (nSPS) is 10.6. The van der Waals surface area contributed by atoms with Crippen LogP contribution in [0.25, 0.3) is 0 Å². The highest BCUT2D eigenvalue weighted by Crippen LogP contribution is 2.16. The summed E-state index contributed by atoms with van der Waals surface area (Å²) in [6.07, 6.45) is 7.76. The maximum atomic E-state index is 12.4. The Morgan fingerprint density at radius 1 is 0.885 bits per heavy atom. The number of carbonyl (C=O) groups excluding carboxylic acids is 2. The lowest BCUT2D eigenvalue weighted by Crippen LogP contribution is -2.19. The second-order valence-corrected chi connectivity index (χ2v) is 6.30. The molecule has 0 aliphatic heterocycles. The molecule has 0 saturated heterocycles. The number of hydrogen-bond acceptors (Lipinski definition) is 6. The maximum absolute atomic E-state index is 12.4. The molecule has 6 nitrogen and oxygen atoms in total. The van der Waals surface area contributed by atoms with E-state index in [4.69, 9.17) is 13.9 Å². The third-order valence-corrected chi connectivity index (χ3v) is 4.02. The van der Waals surface area contributed by atoms with Gasteiger partial charge in [0.15, 0.2) is 0 Å². The lowest BCUT2D eigenvalue weighted by atomic mass is 10.1. The van der Waals surface area contributed by atoms with Crippen LogP contribution < -0.4 is 5.63 Å². The minimum atomic E-state index is -0.699. The number of unbranched alkanes of at least 4 members (excludes halogenated alkanes) is 6. The zero-order valence-electron chi connectivity index (χ0n) is 16.1. The van der Waals surface area contributed by atoms with Crippen molar-refractivity contribution in [2.24, 2.45) is 0 Å². The summed E-state index contributed by atoms with van der Waals surface area (Å²) in [5.41, 5.74) is -0.814. The Kier molecular flexibility index (Phi) is 10.4. The maximum Gasteiger partial charge on any atom is 0.342 e. The second kappa shape index (κ2) is 12.3. The Morgan fingerprint density at radius 2 is 1.42 bits per heavy atom. The van der Waals surface area contributed by atoms with Crippen LogP contribution in [-0.2, 0) is 9.47 Å². The summed E-state index contributed by atoms with van der Waals surface area (Å²) in [7, 11) is 0. The van der Waals surface area contributed by atoms with Gasteiger partial charge in [-0.2, -0.15) is 0 Å². The van der Waals surface area contributed by atoms with Crippen molar-refractivity contribution in [3.05, 3.63) is 33.4 Å². The van der Waals surface area contributed by atoms with E-state index < -0.39 is 17.6 Å². The quantitative estimate of drug-likeness (QED) is 0.402. The molecule has 0 spiro atoms. The van der Waals surface area contributed by atoms with Crippen LogP contribution in [0.5, 0.6) is 0 Å². The van der Waals surface area contributed by atoms with Crippen LogP contribution >= 0.6 is 0 Å². The summed E-state index contributed by atoms with van der Waals surface area (Å²) < 4.78 is 15.4. The van der Waals surface area contributed by atoms with E-state index >= 15 is 0 Å².